The standard InChI is InChI=1S/C19H23N5/c1-14(12-24(2)13-15-8-4-3-5-9-15)21-19-22-17-11-7-6-10-16(17)18(20)23-19/h3-11,14H,12-13H2,1-2H3,(H3,20,21,22,23)/t14-/m1/s1. The van der Waals surface area contributed by atoms with Gasteiger partial charge in [0.1, 0.15) is 5.82 Å². The summed E-state index contributed by atoms with van der Waals surface area (Å²) in [6.45, 7) is 3.91. The van der Waals surface area contributed by atoms with Gasteiger partial charge < -0.3 is 16.0 Å². The van der Waals surface area contributed by atoms with Crippen LogP contribution in [0.4, 0.5) is 11.8 Å². The maximum atomic E-state index is 6.03. The Morgan fingerprint density at radius 1 is 1.04 bits per heavy atom. The Hall–Kier alpha value is -2.66. The van der Waals surface area contributed by atoms with Gasteiger partial charge >= 0.3 is 0 Å². The number of para-hydroxylation sites is 1. The van der Waals surface area contributed by atoms with E-state index < -0.39 is 0 Å². The van der Waals surface area contributed by atoms with Crippen LogP contribution in [0.15, 0.2) is 54.6 Å². The van der Waals surface area contributed by atoms with Gasteiger partial charge in [-0.15, -0.1) is 0 Å². The van der Waals surface area contributed by atoms with E-state index in [9.17, 15) is 0 Å². The first-order chi connectivity index (χ1) is 11.6. The Balaban J connectivity index is 1.63. The minimum Gasteiger partial charge on any atom is -0.383 e. The minimum atomic E-state index is 0.208. The quantitative estimate of drug-likeness (QED) is 0.730. The Morgan fingerprint density at radius 2 is 1.75 bits per heavy atom. The summed E-state index contributed by atoms with van der Waals surface area (Å²) >= 11 is 0. The largest absolute Gasteiger partial charge is 0.383 e. The molecule has 5 heteroatoms. The van der Waals surface area contributed by atoms with Crippen LogP contribution in [0.5, 0.6) is 0 Å². The third kappa shape index (κ3) is 4.00. The van der Waals surface area contributed by atoms with Crippen molar-refractivity contribution in [3.63, 3.8) is 0 Å². The number of aromatic nitrogens is 2. The Kier molecular flexibility index (Phi) is 4.91. The van der Waals surface area contributed by atoms with E-state index >= 15 is 0 Å². The predicted molar refractivity (Wildman–Crippen MR) is 99.8 cm³/mol. The second kappa shape index (κ2) is 7.27. The molecule has 0 unspecified atom stereocenters. The molecule has 0 amide bonds. The lowest BCUT2D eigenvalue weighted by molar-refractivity contribution is 0.316. The van der Waals surface area contributed by atoms with Gasteiger partial charge in [0, 0.05) is 24.5 Å². The third-order valence-electron chi connectivity index (χ3n) is 3.89. The summed E-state index contributed by atoms with van der Waals surface area (Å²) < 4.78 is 0. The van der Waals surface area contributed by atoms with Gasteiger partial charge in [-0.3, -0.25) is 0 Å². The SMILES string of the molecule is C[C@H](CN(C)Cc1ccccc1)Nc1nc(N)c2ccccc2n1. The maximum Gasteiger partial charge on any atom is 0.225 e. The first-order valence-electron chi connectivity index (χ1n) is 8.13. The number of nitrogens with zero attached hydrogens (tertiary/aromatic N) is 3. The summed E-state index contributed by atoms with van der Waals surface area (Å²) in [7, 11) is 2.11. The number of hydrogen-bond acceptors (Lipinski definition) is 5. The van der Waals surface area contributed by atoms with Crippen molar-refractivity contribution < 1.29 is 0 Å². The number of nitrogen functional groups attached to an aromatic ring is 1. The molecule has 0 saturated heterocycles. The van der Waals surface area contributed by atoms with Crippen LogP contribution in [-0.4, -0.2) is 34.5 Å². The highest BCUT2D eigenvalue weighted by Crippen LogP contribution is 2.19. The first kappa shape index (κ1) is 16.2. The highest BCUT2D eigenvalue weighted by molar-refractivity contribution is 5.88. The number of benzene rings is 2. The molecule has 0 spiro atoms. The molecule has 0 radical (unpaired) electrons. The molecule has 3 N–H and O–H groups in total. The molecule has 3 aromatic rings. The van der Waals surface area contributed by atoms with Gasteiger partial charge in [-0.25, -0.2) is 4.98 Å². The molecular weight excluding hydrogens is 298 g/mol. The fourth-order valence-corrected chi connectivity index (χ4v) is 2.86. The van der Waals surface area contributed by atoms with Crippen LogP contribution in [0.25, 0.3) is 10.9 Å². The molecular formula is C19H23N5. The molecule has 5 nitrogen and oxygen atoms in total. The second-order valence-corrected chi connectivity index (χ2v) is 6.18. The Bertz CT molecular complexity index is 803. The van der Waals surface area contributed by atoms with E-state index in [1.165, 1.54) is 5.56 Å². The number of fused-ring (bicyclic) bond motifs is 1. The molecule has 0 aliphatic heterocycles. The Morgan fingerprint density at radius 3 is 2.54 bits per heavy atom. The molecule has 124 valence electrons. The van der Waals surface area contributed by atoms with Gasteiger partial charge in [0.2, 0.25) is 5.95 Å². The Labute approximate surface area is 142 Å². The lowest BCUT2D eigenvalue weighted by Gasteiger charge is -2.22. The molecule has 24 heavy (non-hydrogen) atoms. The molecule has 1 atom stereocenters. The fraction of sp³-hybridized carbons (Fsp3) is 0.263. The van der Waals surface area contributed by atoms with Crippen LogP contribution in [0.1, 0.15) is 12.5 Å². The molecule has 0 fully saturated rings. The van der Waals surface area contributed by atoms with E-state index in [-0.39, 0.29) is 6.04 Å². The second-order valence-electron chi connectivity index (χ2n) is 6.18. The summed E-state index contributed by atoms with van der Waals surface area (Å²) in [6, 6.07) is 18.4. The van der Waals surface area contributed by atoms with Crippen molar-refractivity contribution in [1.82, 2.24) is 14.9 Å². The summed E-state index contributed by atoms with van der Waals surface area (Å²) in [4.78, 5) is 11.2. The minimum absolute atomic E-state index is 0.208. The summed E-state index contributed by atoms with van der Waals surface area (Å²) in [6.07, 6.45) is 0. The van der Waals surface area contributed by atoms with Gasteiger partial charge in [-0.2, -0.15) is 4.98 Å². The zero-order valence-corrected chi connectivity index (χ0v) is 14.1. The molecule has 0 bridgehead atoms. The van der Waals surface area contributed by atoms with E-state index in [1.54, 1.807) is 0 Å². The van der Waals surface area contributed by atoms with Gasteiger partial charge in [-0.1, -0.05) is 42.5 Å². The monoisotopic (exact) mass is 321 g/mol. The van der Waals surface area contributed by atoms with Crippen molar-refractivity contribution in [1.29, 1.82) is 0 Å². The van der Waals surface area contributed by atoms with E-state index in [0.29, 0.717) is 11.8 Å². The number of nitrogens with one attached hydrogen (secondary N) is 1. The van der Waals surface area contributed by atoms with Gasteiger partial charge in [0.05, 0.1) is 5.52 Å². The van der Waals surface area contributed by atoms with Crippen molar-refractivity contribution >= 4 is 22.7 Å². The fourth-order valence-electron chi connectivity index (χ4n) is 2.86. The molecule has 2 aromatic carbocycles. The summed E-state index contributed by atoms with van der Waals surface area (Å²) in [5.41, 5.74) is 8.20. The van der Waals surface area contributed by atoms with Crippen molar-refractivity contribution in [2.75, 3.05) is 24.6 Å². The molecule has 0 aliphatic rings. The zero-order valence-electron chi connectivity index (χ0n) is 14.1. The predicted octanol–water partition coefficient (Wildman–Crippen LogP) is 3.14. The molecule has 3 rings (SSSR count). The average molecular weight is 321 g/mol. The van der Waals surface area contributed by atoms with Crippen LogP contribution in [-0.2, 0) is 6.54 Å². The van der Waals surface area contributed by atoms with Gasteiger partial charge in [0.15, 0.2) is 0 Å². The summed E-state index contributed by atoms with van der Waals surface area (Å²) in [5.74, 6) is 1.08. The maximum absolute atomic E-state index is 6.03. The lowest BCUT2D eigenvalue weighted by Crippen LogP contribution is -2.32. The molecule has 1 heterocycles. The van der Waals surface area contributed by atoms with E-state index in [0.717, 1.165) is 24.0 Å². The lowest BCUT2D eigenvalue weighted by atomic mass is 10.2. The number of likely N-dealkylation sites (N-methyl/N-ethyl adjacent to an activating group) is 1. The number of nitrogens with two attached hydrogens (primary N) is 1. The highest BCUT2D eigenvalue weighted by Gasteiger charge is 2.10. The zero-order chi connectivity index (χ0) is 16.9. The van der Waals surface area contributed by atoms with E-state index in [1.807, 2.05) is 30.3 Å². The van der Waals surface area contributed by atoms with Crippen LogP contribution in [0.2, 0.25) is 0 Å². The number of anilines is 2. The van der Waals surface area contributed by atoms with Crippen molar-refractivity contribution in [3.8, 4) is 0 Å². The first-order valence-corrected chi connectivity index (χ1v) is 8.13. The molecule has 1 aromatic heterocycles. The number of hydrogen-bond donors (Lipinski definition) is 2. The van der Waals surface area contributed by atoms with Crippen LogP contribution in [0.3, 0.4) is 0 Å². The topological polar surface area (TPSA) is 67.1 Å². The average Bonchev–Trinajstić information content (AvgIpc) is 2.55. The summed E-state index contributed by atoms with van der Waals surface area (Å²) in [5, 5.41) is 4.23. The van der Waals surface area contributed by atoms with Gasteiger partial charge in [0.25, 0.3) is 0 Å². The van der Waals surface area contributed by atoms with Gasteiger partial charge in [-0.05, 0) is 31.7 Å². The van der Waals surface area contributed by atoms with Crippen LogP contribution in [0, 0.1) is 0 Å². The number of rotatable bonds is 6. The van der Waals surface area contributed by atoms with Crippen molar-refractivity contribution in [3.05, 3.63) is 60.2 Å². The van der Waals surface area contributed by atoms with E-state index in [2.05, 4.69) is 58.4 Å². The smallest absolute Gasteiger partial charge is 0.225 e. The molecule has 0 aliphatic carbocycles. The normalized spacial score (nSPS) is 12.5. The van der Waals surface area contributed by atoms with Crippen molar-refractivity contribution in [2.24, 2.45) is 0 Å². The van der Waals surface area contributed by atoms with Crippen molar-refractivity contribution in [2.45, 2.75) is 19.5 Å². The van der Waals surface area contributed by atoms with Crippen LogP contribution < -0.4 is 11.1 Å². The molecule has 0 saturated carbocycles. The third-order valence-corrected chi connectivity index (χ3v) is 3.89. The highest BCUT2D eigenvalue weighted by atomic mass is 15.2. The van der Waals surface area contributed by atoms with Crippen LogP contribution >= 0.6 is 0 Å². The van der Waals surface area contributed by atoms with E-state index in [4.69, 9.17) is 5.73 Å².